The molecular formula is C9H11Cl2CoO. The van der Waals surface area contributed by atoms with Gasteiger partial charge in [-0.1, -0.05) is 25.0 Å². The van der Waals surface area contributed by atoms with E-state index in [0.29, 0.717) is 12.9 Å². The molecular weight excluding hydrogens is 254 g/mol. The van der Waals surface area contributed by atoms with Crippen LogP contribution in [0.15, 0.2) is 23.8 Å². The van der Waals surface area contributed by atoms with Gasteiger partial charge in [-0.25, -0.2) is 6.08 Å². The number of hydrogen-bond donors (Lipinski definition) is 0. The van der Waals surface area contributed by atoms with Crippen LogP contribution in [0.3, 0.4) is 0 Å². The summed E-state index contributed by atoms with van der Waals surface area (Å²) in [6.07, 6.45) is 12.1. The summed E-state index contributed by atoms with van der Waals surface area (Å²) >= 11 is 0.382. The van der Waals surface area contributed by atoms with Crippen LogP contribution in [0.25, 0.3) is 0 Å². The van der Waals surface area contributed by atoms with Gasteiger partial charge < -0.3 is 4.79 Å². The first kappa shape index (κ1) is 13.2. The van der Waals surface area contributed by atoms with Crippen LogP contribution in [0.1, 0.15) is 25.7 Å². The summed E-state index contributed by atoms with van der Waals surface area (Å²) in [4.78, 5) is 10.2. The van der Waals surface area contributed by atoms with Gasteiger partial charge in [-0.15, -0.1) is 0 Å². The summed E-state index contributed by atoms with van der Waals surface area (Å²) in [6.45, 7) is 0. The molecule has 1 aliphatic carbocycles. The van der Waals surface area contributed by atoms with Crippen molar-refractivity contribution in [2.45, 2.75) is 25.7 Å². The van der Waals surface area contributed by atoms with E-state index in [-0.39, 0.29) is 0 Å². The molecule has 0 heterocycles. The van der Waals surface area contributed by atoms with Crippen LogP contribution in [-0.4, -0.2) is 6.29 Å². The van der Waals surface area contributed by atoms with Gasteiger partial charge in [0.2, 0.25) is 0 Å². The predicted octanol–water partition coefficient (Wildman–Crippen LogP) is 3.53. The van der Waals surface area contributed by atoms with Crippen LogP contribution in [0.5, 0.6) is 0 Å². The Morgan fingerprint density at radius 1 is 1.23 bits per heavy atom. The number of rotatable bonds is 1. The first-order chi connectivity index (χ1) is 6.35. The van der Waals surface area contributed by atoms with E-state index in [1.54, 1.807) is 0 Å². The first-order valence-electron chi connectivity index (χ1n) is 3.91. The summed E-state index contributed by atoms with van der Waals surface area (Å²) in [6, 6.07) is 0. The Kier molecular flexibility index (Phi) is 10.5. The summed E-state index contributed by atoms with van der Waals surface area (Å²) in [7, 11) is 9.47. The predicted molar refractivity (Wildman–Crippen MR) is 53.1 cm³/mol. The third-order valence-corrected chi connectivity index (χ3v) is 1.60. The molecule has 0 radical (unpaired) electrons. The SMILES string of the molecule is O=[C-]C1=CCCC=CCC1.[Cl][Co+][Cl]. The van der Waals surface area contributed by atoms with Crippen LogP contribution >= 0.6 is 20.3 Å². The van der Waals surface area contributed by atoms with Gasteiger partial charge in [-0.05, 0) is 19.1 Å². The quantitative estimate of drug-likeness (QED) is 0.523. The molecule has 0 saturated carbocycles. The molecule has 0 amide bonds. The van der Waals surface area contributed by atoms with Crippen molar-refractivity contribution in [1.82, 2.24) is 0 Å². The minimum atomic E-state index is 0.382. The molecule has 13 heavy (non-hydrogen) atoms. The molecule has 0 aromatic heterocycles. The maximum absolute atomic E-state index is 10.2. The average Bonchev–Trinajstić information content (AvgIpc) is 2.05. The van der Waals surface area contributed by atoms with Gasteiger partial charge in [0, 0.05) is 0 Å². The van der Waals surface area contributed by atoms with E-state index in [1.807, 2.05) is 12.4 Å². The van der Waals surface area contributed by atoms with Crippen LogP contribution in [0, 0.1) is 0 Å². The topological polar surface area (TPSA) is 17.1 Å². The van der Waals surface area contributed by atoms with Gasteiger partial charge in [-0.2, -0.15) is 5.57 Å². The molecule has 0 unspecified atom stereocenters. The second kappa shape index (κ2) is 10.3. The van der Waals surface area contributed by atoms with E-state index in [2.05, 4.69) is 12.2 Å². The fourth-order valence-electron chi connectivity index (χ4n) is 1.02. The number of hydrogen-bond acceptors (Lipinski definition) is 1. The fourth-order valence-corrected chi connectivity index (χ4v) is 1.02. The molecule has 0 spiro atoms. The van der Waals surface area contributed by atoms with Crippen LogP contribution < -0.4 is 0 Å². The van der Waals surface area contributed by atoms with Gasteiger partial charge in [0.15, 0.2) is 0 Å². The van der Waals surface area contributed by atoms with Gasteiger partial charge in [0.25, 0.3) is 0 Å². The van der Waals surface area contributed by atoms with Crippen molar-refractivity contribution >= 4 is 26.6 Å². The molecule has 0 aromatic rings. The minimum absolute atomic E-state index is 0.382. The molecule has 0 atom stereocenters. The molecule has 1 rings (SSSR count). The molecule has 1 aliphatic rings. The van der Waals surface area contributed by atoms with Crippen LogP contribution in [0.4, 0.5) is 0 Å². The molecule has 4 heteroatoms. The Morgan fingerprint density at radius 2 is 1.85 bits per heavy atom. The third kappa shape index (κ3) is 8.56. The van der Waals surface area contributed by atoms with Crippen molar-refractivity contribution in [3.63, 3.8) is 0 Å². The zero-order chi connectivity index (χ0) is 9.94. The van der Waals surface area contributed by atoms with Crippen molar-refractivity contribution < 1.29 is 17.7 Å². The molecule has 0 fully saturated rings. The Labute approximate surface area is 93.7 Å². The summed E-state index contributed by atoms with van der Waals surface area (Å²) < 4.78 is 0. The Morgan fingerprint density at radius 3 is 2.46 bits per heavy atom. The molecule has 1 nitrogen and oxygen atoms in total. The zero-order valence-electron chi connectivity index (χ0n) is 7.06. The van der Waals surface area contributed by atoms with Crippen molar-refractivity contribution in [1.29, 1.82) is 0 Å². The van der Waals surface area contributed by atoms with E-state index >= 15 is 0 Å². The van der Waals surface area contributed by atoms with Crippen molar-refractivity contribution in [3.05, 3.63) is 23.8 Å². The molecule has 0 saturated heterocycles. The first-order valence-corrected chi connectivity index (χ1v) is 6.77. The van der Waals surface area contributed by atoms with Crippen molar-refractivity contribution in [3.8, 4) is 0 Å². The van der Waals surface area contributed by atoms with Crippen LogP contribution in [0.2, 0.25) is 0 Å². The molecule has 76 valence electrons. The van der Waals surface area contributed by atoms with Crippen LogP contribution in [-0.2, 0) is 17.7 Å². The fraction of sp³-hybridized carbons (Fsp3) is 0.444. The number of halogens is 2. The summed E-state index contributed by atoms with van der Waals surface area (Å²) in [5, 5.41) is 0. The zero-order valence-corrected chi connectivity index (χ0v) is 9.61. The molecule has 0 bridgehead atoms. The van der Waals surface area contributed by atoms with E-state index in [1.165, 1.54) is 0 Å². The van der Waals surface area contributed by atoms with Crippen molar-refractivity contribution in [2.75, 3.05) is 0 Å². The average molecular weight is 265 g/mol. The van der Waals surface area contributed by atoms with Gasteiger partial charge in [-0.3, -0.25) is 0 Å². The third-order valence-electron chi connectivity index (χ3n) is 1.60. The summed E-state index contributed by atoms with van der Waals surface area (Å²) in [5.41, 5.74) is 0.837. The second-order valence-electron chi connectivity index (χ2n) is 2.47. The van der Waals surface area contributed by atoms with Gasteiger partial charge in [0.1, 0.15) is 0 Å². The van der Waals surface area contributed by atoms with E-state index in [4.69, 9.17) is 20.3 Å². The Balaban J connectivity index is 0.000000424. The molecule has 0 N–H and O–H groups in total. The Hall–Kier alpha value is 0.236. The van der Waals surface area contributed by atoms with Gasteiger partial charge >= 0.3 is 33.2 Å². The number of allylic oxidation sites excluding steroid dienone is 4. The standard InChI is InChI=1S/C9H11O.2ClH.Co/c10-8-9-6-4-2-1-3-5-7-9;;;/h1-2,7H,3-6H2;2*1H;/q-1;;;+3/p-2. The number of carbonyl (C=O) groups excluding carboxylic acids is 1. The van der Waals surface area contributed by atoms with E-state index in [0.717, 1.165) is 31.3 Å². The van der Waals surface area contributed by atoms with E-state index in [9.17, 15) is 4.79 Å². The Bertz CT molecular complexity index is 190. The van der Waals surface area contributed by atoms with Crippen molar-refractivity contribution in [2.24, 2.45) is 0 Å². The molecule has 0 aromatic carbocycles. The summed E-state index contributed by atoms with van der Waals surface area (Å²) in [5.74, 6) is 0. The molecule has 0 aliphatic heterocycles. The normalized spacial score (nSPS) is 16.3. The van der Waals surface area contributed by atoms with E-state index < -0.39 is 0 Å². The second-order valence-corrected chi connectivity index (χ2v) is 4.19. The monoisotopic (exact) mass is 264 g/mol. The van der Waals surface area contributed by atoms with Gasteiger partial charge in [0.05, 0.1) is 0 Å². The maximum atomic E-state index is 10.2.